The molecule has 5 nitrogen and oxygen atoms in total. The highest BCUT2D eigenvalue weighted by Gasteiger charge is 2.28. The van der Waals surface area contributed by atoms with E-state index >= 15 is 0 Å². The summed E-state index contributed by atoms with van der Waals surface area (Å²) in [6.45, 7) is 2.30. The van der Waals surface area contributed by atoms with E-state index in [0.29, 0.717) is 39.4 Å². The fraction of sp³-hybridized carbons (Fsp3) is 0.182. The van der Waals surface area contributed by atoms with Crippen LogP contribution in [0.2, 0.25) is 10.0 Å². The number of nitrogens with zero attached hydrogens (tertiary/aromatic N) is 1. The molecular formula is C22H21Cl2NO4S. The van der Waals surface area contributed by atoms with Crippen LogP contribution in [0.15, 0.2) is 71.6 Å². The SMILES string of the molecule is CCOc1ccccc1N(Cc1ccc(Cl)c(Cl)c1)S(=O)(=O)c1ccc(OC)cc1. The van der Waals surface area contributed by atoms with Crippen molar-refractivity contribution in [1.82, 2.24) is 0 Å². The van der Waals surface area contributed by atoms with Gasteiger partial charge < -0.3 is 9.47 Å². The summed E-state index contributed by atoms with van der Waals surface area (Å²) < 4.78 is 39.4. The van der Waals surface area contributed by atoms with Gasteiger partial charge in [0, 0.05) is 0 Å². The molecule has 0 aromatic heterocycles. The van der Waals surface area contributed by atoms with Crippen LogP contribution in [0.3, 0.4) is 0 Å². The van der Waals surface area contributed by atoms with E-state index in [2.05, 4.69) is 0 Å². The predicted octanol–water partition coefficient (Wildman–Crippen LogP) is 5.80. The zero-order valence-electron chi connectivity index (χ0n) is 16.5. The monoisotopic (exact) mass is 465 g/mol. The van der Waals surface area contributed by atoms with E-state index < -0.39 is 10.0 Å². The van der Waals surface area contributed by atoms with Gasteiger partial charge in [-0.1, -0.05) is 41.4 Å². The molecule has 30 heavy (non-hydrogen) atoms. The first-order valence-corrected chi connectivity index (χ1v) is 11.4. The van der Waals surface area contributed by atoms with Crippen LogP contribution in [-0.4, -0.2) is 22.1 Å². The zero-order valence-corrected chi connectivity index (χ0v) is 18.8. The molecule has 0 heterocycles. The second-order valence-electron chi connectivity index (χ2n) is 6.34. The Balaban J connectivity index is 2.12. The molecule has 3 rings (SSSR count). The minimum atomic E-state index is -3.92. The van der Waals surface area contributed by atoms with Gasteiger partial charge in [0.15, 0.2) is 0 Å². The van der Waals surface area contributed by atoms with Crippen molar-refractivity contribution in [3.05, 3.63) is 82.3 Å². The highest BCUT2D eigenvalue weighted by molar-refractivity contribution is 7.92. The molecule has 0 amide bonds. The average molecular weight is 466 g/mol. The molecule has 0 aliphatic heterocycles. The number of benzene rings is 3. The number of anilines is 1. The van der Waals surface area contributed by atoms with Gasteiger partial charge >= 0.3 is 0 Å². The van der Waals surface area contributed by atoms with Gasteiger partial charge in [0.25, 0.3) is 10.0 Å². The Labute approximate surface area is 186 Å². The summed E-state index contributed by atoms with van der Waals surface area (Å²) in [6, 6.07) is 18.3. The third kappa shape index (κ3) is 4.83. The van der Waals surface area contributed by atoms with E-state index in [4.69, 9.17) is 32.7 Å². The largest absolute Gasteiger partial charge is 0.497 e. The molecule has 0 saturated heterocycles. The van der Waals surface area contributed by atoms with Crippen LogP contribution < -0.4 is 13.8 Å². The quantitative estimate of drug-likeness (QED) is 0.421. The highest BCUT2D eigenvalue weighted by Crippen LogP contribution is 2.35. The van der Waals surface area contributed by atoms with Gasteiger partial charge in [0.05, 0.1) is 40.9 Å². The summed E-state index contributed by atoms with van der Waals surface area (Å²) in [4.78, 5) is 0.134. The van der Waals surface area contributed by atoms with Crippen LogP contribution in [-0.2, 0) is 16.6 Å². The summed E-state index contributed by atoms with van der Waals surface area (Å²) in [5.74, 6) is 1.04. The lowest BCUT2D eigenvalue weighted by molar-refractivity contribution is 0.341. The van der Waals surface area contributed by atoms with Crippen molar-refractivity contribution in [3.8, 4) is 11.5 Å². The summed E-state index contributed by atoms with van der Waals surface area (Å²) >= 11 is 12.2. The van der Waals surface area contributed by atoms with Crippen molar-refractivity contribution >= 4 is 38.9 Å². The molecule has 0 radical (unpaired) electrons. The van der Waals surface area contributed by atoms with E-state index in [-0.39, 0.29) is 11.4 Å². The molecule has 0 atom stereocenters. The normalized spacial score (nSPS) is 11.2. The first-order chi connectivity index (χ1) is 14.4. The Bertz CT molecular complexity index is 1120. The van der Waals surface area contributed by atoms with Gasteiger partial charge in [0.2, 0.25) is 0 Å². The van der Waals surface area contributed by atoms with E-state index in [1.807, 2.05) is 6.92 Å². The third-order valence-corrected chi connectivity index (χ3v) is 6.90. The lowest BCUT2D eigenvalue weighted by atomic mass is 10.2. The van der Waals surface area contributed by atoms with E-state index in [1.54, 1.807) is 54.6 Å². The summed E-state index contributed by atoms with van der Waals surface area (Å²) in [5.41, 5.74) is 1.12. The number of ether oxygens (including phenoxy) is 2. The molecular weight excluding hydrogens is 445 g/mol. The average Bonchev–Trinajstić information content (AvgIpc) is 2.75. The molecule has 0 unspecified atom stereocenters. The second-order valence-corrected chi connectivity index (χ2v) is 9.01. The summed E-state index contributed by atoms with van der Waals surface area (Å²) in [7, 11) is -2.39. The van der Waals surface area contributed by atoms with Gasteiger partial charge in [-0.2, -0.15) is 0 Å². The minimum Gasteiger partial charge on any atom is -0.497 e. The Morgan fingerprint density at radius 1 is 0.933 bits per heavy atom. The topological polar surface area (TPSA) is 55.8 Å². The van der Waals surface area contributed by atoms with Crippen molar-refractivity contribution < 1.29 is 17.9 Å². The molecule has 158 valence electrons. The number of hydrogen-bond acceptors (Lipinski definition) is 4. The van der Waals surface area contributed by atoms with Crippen LogP contribution in [0.25, 0.3) is 0 Å². The van der Waals surface area contributed by atoms with Crippen molar-refractivity contribution in [3.63, 3.8) is 0 Å². The molecule has 0 bridgehead atoms. The molecule has 8 heteroatoms. The third-order valence-electron chi connectivity index (χ3n) is 4.39. The van der Waals surface area contributed by atoms with E-state index in [1.165, 1.54) is 23.5 Å². The smallest absolute Gasteiger partial charge is 0.264 e. The Morgan fingerprint density at radius 2 is 1.63 bits per heavy atom. The predicted molar refractivity (Wildman–Crippen MR) is 120 cm³/mol. The molecule has 0 saturated carbocycles. The molecule has 3 aromatic carbocycles. The van der Waals surface area contributed by atoms with Crippen LogP contribution in [0.4, 0.5) is 5.69 Å². The summed E-state index contributed by atoms with van der Waals surface area (Å²) in [6.07, 6.45) is 0. The van der Waals surface area contributed by atoms with Crippen LogP contribution >= 0.6 is 23.2 Å². The molecule has 3 aromatic rings. The second kappa shape index (κ2) is 9.60. The van der Waals surface area contributed by atoms with Crippen molar-refractivity contribution in [1.29, 1.82) is 0 Å². The highest BCUT2D eigenvalue weighted by atomic mass is 35.5. The van der Waals surface area contributed by atoms with Crippen LogP contribution in [0.1, 0.15) is 12.5 Å². The number of halogens is 2. The van der Waals surface area contributed by atoms with Crippen molar-refractivity contribution in [2.45, 2.75) is 18.4 Å². The maximum Gasteiger partial charge on any atom is 0.264 e. The number of para-hydroxylation sites is 2. The fourth-order valence-corrected chi connectivity index (χ4v) is 4.70. The number of sulfonamides is 1. The first kappa shape index (κ1) is 22.3. The number of hydrogen-bond donors (Lipinski definition) is 0. The molecule has 0 spiro atoms. The van der Waals surface area contributed by atoms with E-state index in [0.717, 1.165) is 0 Å². The number of methoxy groups -OCH3 is 1. The molecule has 0 aliphatic rings. The molecule has 0 aliphatic carbocycles. The van der Waals surface area contributed by atoms with Gasteiger partial charge in [-0.25, -0.2) is 8.42 Å². The van der Waals surface area contributed by atoms with Gasteiger partial charge in [-0.05, 0) is 61.0 Å². The summed E-state index contributed by atoms with van der Waals surface area (Å²) in [5, 5.41) is 0.758. The molecule has 0 N–H and O–H groups in total. The van der Waals surface area contributed by atoms with Crippen LogP contribution in [0.5, 0.6) is 11.5 Å². The fourth-order valence-electron chi connectivity index (χ4n) is 2.92. The standard InChI is InChI=1S/C22H21Cl2NO4S/c1-3-29-22-7-5-4-6-21(22)25(15-16-8-13-19(23)20(24)14-16)30(26,27)18-11-9-17(28-2)10-12-18/h4-14H,3,15H2,1-2H3. The maximum atomic E-state index is 13.6. The zero-order chi connectivity index (χ0) is 21.7. The molecule has 0 fully saturated rings. The number of rotatable bonds is 8. The van der Waals surface area contributed by atoms with Crippen LogP contribution in [0, 0.1) is 0 Å². The van der Waals surface area contributed by atoms with Gasteiger partial charge in [-0.3, -0.25) is 4.31 Å². The van der Waals surface area contributed by atoms with Crippen molar-refractivity contribution in [2.24, 2.45) is 0 Å². The minimum absolute atomic E-state index is 0.0509. The first-order valence-electron chi connectivity index (χ1n) is 9.19. The Kier molecular flexibility index (Phi) is 7.13. The van der Waals surface area contributed by atoms with Crippen molar-refractivity contribution in [2.75, 3.05) is 18.0 Å². The maximum absolute atomic E-state index is 13.6. The Morgan fingerprint density at radius 3 is 2.27 bits per heavy atom. The van der Waals surface area contributed by atoms with Gasteiger partial charge in [0.1, 0.15) is 11.5 Å². The lowest BCUT2D eigenvalue weighted by Crippen LogP contribution is -2.31. The van der Waals surface area contributed by atoms with E-state index in [9.17, 15) is 8.42 Å². The lowest BCUT2D eigenvalue weighted by Gasteiger charge is -2.26. The Hall–Kier alpha value is -2.41. The van der Waals surface area contributed by atoms with Gasteiger partial charge in [-0.15, -0.1) is 0 Å².